The van der Waals surface area contributed by atoms with E-state index < -0.39 is 11.5 Å². The summed E-state index contributed by atoms with van der Waals surface area (Å²) in [6.45, 7) is 6.52. The fourth-order valence-electron chi connectivity index (χ4n) is 1.93. The Kier molecular flexibility index (Phi) is 4.25. The molecule has 0 fully saturated rings. The lowest BCUT2D eigenvalue weighted by molar-refractivity contribution is -0.149. The number of nitrogens with zero attached hydrogens (tertiary/aromatic N) is 2. The maximum Gasteiger partial charge on any atom is 0.323 e. The van der Waals surface area contributed by atoms with Gasteiger partial charge in [0.15, 0.2) is 10.8 Å². The molecule has 6 heteroatoms. The molecule has 20 heavy (non-hydrogen) atoms. The van der Waals surface area contributed by atoms with E-state index in [1.807, 2.05) is 29.3 Å². The Hall–Kier alpha value is -1.66. The predicted molar refractivity (Wildman–Crippen MR) is 77.6 cm³/mol. The van der Waals surface area contributed by atoms with Gasteiger partial charge in [0.05, 0.1) is 12.0 Å². The highest BCUT2D eigenvalue weighted by Gasteiger charge is 2.33. The Labute approximate surface area is 121 Å². The summed E-state index contributed by atoms with van der Waals surface area (Å²) in [5.74, 6) is -0.0948. The number of carboxylic acids is 1. The maximum absolute atomic E-state index is 11.3. The van der Waals surface area contributed by atoms with Crippen LogP contribution in [-0.2, 0) is 11.3 Å². The van der Waals surface area contributed by atoms with E-state index in [0.717, 1.165) is 16.5 Å². The van der Waals surface area contributed by atoms with Gasteiger partial charge in [-0.1, -0.05) is 6.92 Å². The van der Waals surface area contributed by atoms with Crippen molar-refractivity contribution >= 4 is 17.3 Å². The molecular weight excluding hydrogens is 276 g/mol. The van der Waals surface area contributed by atoms with Crippen LogP contribution in [0.4, 0.5) is 0 Å². The van der Waals surface area contributed by atoms with Crippen LogP contribution in [0.5, 0.6) is 0 Å². The highest BCUT2D eigenvalue weighted by molar-refractivity contribution is 7.13. The number of aromatic nitrogens is 1. The SMILES string of the molecule is CCN(Cc1csc(-c2ccco2)n1)C(C)(C)C(=O)O. The van der Waals surface area contributed by atoms with E-state index >= 15 is 0 Å². The summed E-state index contributed by atoms with van der Waals surface area (Å²) in [5.41, 5.74) is -0.0546. The standard InChI is InChI=1S/C14H18N2O3S/c1-4-16(14(2,3)13(17)18)8-10-9-20-12(15-10)11-6-5-7-19-11/h5-7,9H,4,8H2,1-3H3,(H,17,18). The summed E-state index contributed by atoms with van der Waals surface area (Å²) in [5, 5.41) is 12.1. The zero-order valence-electron chi connectivity index (χ0n) is 11.8. The summed E-state index contributed by atoms with van der Waals surface area (Å²) < 4.78 is 5.31. The van der Waals surface area contributed by atoms with Gasteiger partial charge in [0.25, 0.3) is 0 Å². The first-order valence-corrected chi connectivity index (χ1v) is 7.29. The van der Waals surface area contributed by atoms with Crippen LogP contribution in [0.2, 0.25) is 0 Å². The summed E-state index contributed by atoms with van der Waals surface area (Å²) >= 11 is 1.50. The number of carbonyl (C=O) groups is 1. The molecule has 2 heterocycles. The lowest BCUT2D eigenvalue weighted by Crippen LogP contribution is -2.49. The maximum atomic E-state index is 11.3. The number of carboxylic acid groups (broad SMARTS) is 1. The molecule has 0 aliphatic heterocycles. The monoisotopic (exact) mass is 294 g/mol. The van der Waals surface area contributed by atoms with E-state index in [0.29, 0.717) is 13.1 Å². The van der Waals surface area contributed by atoms with Crippen LogP contribution in [0.1, 0.15) is 26.5 Å². The normalized spacial score (nSPS) is 12.0. The Morgan fingerprint density at radius 1 is 1.55 bits per heavy atom. The van der Waals surface area contributed by atoms with Crippen molar-refractivity contribution in [2.45, 2.75) is 32.9 Å². The van der Waals surface area contributed by atoms with Gasteiger partial charge >= 0.3 is 5.97 Å². The van der Waals surface area contributed by atoms with Crippen LogP contribution < -0.4 is 0 Å². The van der Waals surface area contributed by atoms with Crippen molar-refractivity contribution < 1.29 is 14.3 Å². The van der Waals surface area contributed by atoms with Crippen LogP contribution >= 0.6 is 11.3 Å². The lowest BCUT2D eigenvalue weighted by atomic mass is 10.0. The minimum atomic E-state index is -0.913. The number of furan rings is 1. The highest BCUT2D eigenvalue weighted by atomic mass is 32.1. The minimum Gasteiger partial charge on any atom is -0.480 e. The van der Waals surface area contributed by atoms with E-state index in [1.54, 1.807) is 20.1 Å². The van der Waals surface area contributed by atoms with Gasteiger partial charge in [0.1, 0.15) is 5.54 Å². The quantitative estimate of drug-likeness (QED) is 0.886. The molecule has 0 aliphatic rings. The van der Waals surface area contributed by atoms with Crippen LogP contribution in [0.25, 0.3) is 10.8 Å². The smallest absolute Gasteiger partial charge is 0.323 e. The molecule has 108 valence electrons. The molecule has 2 aromatic heterocycles. The van der Waals surface area contributed by atoms with Gasteiger partial charge < -0.3 is 9.52 Å². The van der Waals surface area contributed by atoms with Crippen LogP contribution in [0.3, 0.4) is 0 Å². The highest BCUT2D eigenvalue weighted by Crippen LogP contribution is 2.26. The predicted octanol–water partition coefficient (Wildman–Crippen LogP) is 3.09. The topological polar surface area (TPSA) is 66.6 Å². The van der Waals surface area contributed by atoms with E-state index in [2.05, 4.69) is 4.98 Å². The summed E-state index contributed by atoms with van der Waals surface area (Å²) in [4.78, 5) is 17.7. The fraction of sp³-hybridized carbons (Fsp3) is 0.429. The summed E-state index contributed by atoms with van der Waals surface area (Å²) in [6, 6.07) is 3.68. The molecular formula is C14H18N2O3S. The third kappa shape index (κ3) is 2.91. The van der Waals surface area contributed by atoms with Gasteiger partial charge in [-0.15, -0.1) is 11.3 Å². The fourth-order valence-corrected chi connectivity index (χ4v) is 2.71. The summed E-state index contributed by atoms with van der Waals surface area (Å²) in [6.07, 6.45) is 1.61. The second-order valence-corrected chi connectivity index (χ2v) is 5.86. The molecule has 2 aromatic rings. The first-order chi connectivity index (χ1) is 9.45. The molecule has 0 spiro atoms. The van der Waals surface area contributed by atoms with Crippen molar-refractivity contribution in [3.05, 3.63) is 29.5 Å². The molecule has 2 rings (SSSR count). The van der Waals surface area contributed by atoms with Gasteiger partial charge in [-0.25, -0.2) is 4.98 Å². The molecule has 0 aliphatic carbocycles. The Bertz CT molecular complexity index is 575. The van der Waals surface area contributed by atoms with Crippen molar-refractivity contribution in [1.29, 1.82) is 0 Å². The first-order valence-electron chi connectivity index (χ1n) is 6.42. The van der Waals surface area contributed by atoms with E-state index in [4.69, 9.17) is 4.42 Å². The molecule has 1 N–H and O–H groups in total. The van der Waals surface area contributed by atoms with Gasteiger partial charge in [-0.3, -0.25) is 9.69 Å². The number of hydrogen-bond acceptors (Lipinski definition) is 5. The Morgan fingerprint density at radius 2 is 2.30 bits per heavy atom. The average Bonchev–Trinajstić information content (AvgIpc) is 3.06. The molecule has 0 radical (unpaired) electrons. The minimum absolute atomic E-state index is 0.507. The number of hydrogen-bond donors (Lipinski definition) is 1. The third-order valence-electron chi connectivity index (χ3n) is 3.33. The second-order valence-electron chi connectivity index (χ2n) is 5.00. The molecule has 5 nitrogen and oxygen atoms in total. The third-order valence-corrected chi connectivity index (χ3v) is 4.24. The number of likely N-dealkylation sites (N-methyl/N-ethyl adjacent to an activating group) is 1. The van der Waals surface area contributed by atoms with Crippen LogP contribution in [0.15, 0.2) is 28.2 Å². The van der Waals surface area contributed by atoms with Crippen LogP contribution in [0, 0.1) is 0 Å². The molecule has 0 aromatic carbocycles. The van der Waals surface area contributed by atoms with Crippen molar-refractivity contribution in [3.63, 3.8) is 0 Å². The zero-order valence-corrected chi connectivity index (χ0v) is 12.6. The Balaban J connectivity index is 2.15. The molecule has 0 unspecified atom stereocenters. The first kappa shape index (κ1) is 14.7. The second kappa shape index (κ2) is 5.76. The van der Waals surface area contributed by atoms with Crippen molar-refractivity contribution in [2.24, 2.45) is 0 Å². The van der Waals surface area contributed by atoms with Crippen molar-refractivity contribution in [3.8, 4) is 10.8 Å². The van der Waals surface area contributed by atoms with Gasteiger partial charge in [-0.2, -0.15) is 0 Å². The van der Waals surface area contributed by atoms with E-state index in [-0.39, 0.29) is 0 Å². The Morgan fingerprint density at radius 3 is 2.85 bits per heavy atom. The van der Waals surface area contributed by atoms with E-state index in [9.17, 15) is 9.90 Å². The van der Waals surface area contributed by atoms with Crippen LogP contribution in [-0.4, -0.2) is 33.0 Å². The van der Waals surface area contributed by atoms with Gasteiger partial charge in [0, 0.05) is 11.9 Å². The van der Waals surface area contributed by atoms with Crippen molar-refractivity contribution in [2.75, 3.05) is 6.54 Å². The number of aliphatic carboxylic acids is 1. The van der Waals surface area contributed by atoms with E-state index in [1.165, 1.54) is 11.3 Å². The zero-order chi connectivity index (χ0) is 14.8. The van der Waals surface area contributed by atoms with Gasteiger partial charge in [0.2, 0.25) is 0 Å². The summed E-state index contributed by atoms with van der Waals surface area (Å²) in [7, 11) is 0. The number of thiazole rings is 1. The largest absolute Gasteiger partial charge is 0.480 e. The molecule has 0 saturated carbocycles. The average molecular weight is 294 g/mol. The van der Waals surface area contributed by atoms with Gasteiger partial charge in [-0.05, 0) is 32.5 Å². The number of rotatable bonds is 6. The van der Waals surface area contributed by atoms with Crippen molar-refractivity contribution in [1.82, 2.24) is 9.88 Å². The molecule has 0 saturated heterocycles. The molecule has 0 atom stereocenters. The molecule has 0 amide bonds. The lowest BCUT2D eigenvalue weighted by Gasteiger charge is -2.33. The molecule has 0 bridgehead atoms.